The molecule has 0 atom stereocenters. The number of aryl methyl sites for hydroxylation is 1. The van der Waals surface area contributed by atoms with Crippen LogP contribution in [0, 0.1) is 13.8 Å². The summed E-state index contributed by atoms with van der Waals surface area (Å²) in [6.07, 6.45) is 7.04. The molecule has 146 valence electrons. The largest absolute Gasteiger partial charge is 0.474 e. The molecule has 0 saturated heterocycles. The number of nitrogens with zero attached hydrogens (tertiary/aromatic N) is 2. The summed E-state index contributed by atoms with van der Waals surface area (Å²) in [4.78, 5) is 21.6. The Morgan fingerprint density at radius 2 is 1.97 bits per heavy atom. The van der Waals surface area contributed by atoms with Gasteiger partial charge in [-0.2, -0.15) is 0 Å². The van der Waals surface area contributed by atoms with E-state index in [2.05, 4.69) is 41.3 Å². The van der Waals surface area contributed by atoms with E-state index in [0.29, 0.717) is 18.9 Å². The number of fused-ring (bicyclic) bond motifs is 2. The molecule has 0 bridgehead atoms. The number of ketones is 1. The Morgan fingerprint density at radius 1 is 1.10 bits per heavy atom. The molecule has 0 spiro atoms. The third kappa shape index (κ3) is 2.97. The zero-order valence-corrected chi connectivity index (χ0v) is 16.9. The maximum atomic E-state index is 12.7. The molecule has 0 radical (unpaired) electrons. The van der Waals surface area contributed by atoms with Gasteiger partial charge in [0.05, 0.1) is 0 Å². The van der Waals surface area contributed by atoms with Crippen LogP contribution in [0.25, 0.3) is 16.7 Å². The summed E-state index contributed by atoms with van der Waals surface area (Å²) >= 11 is 0. The first-order valence-electron chi connectivity index (χ1n) is 9.99. The van der Waals surface area contributed by atoms with Gasteiger partial charge < -0.3 is 10.1 Å². The van der Waals surface area contributed by atoms with Gasteiger partial charge in [0.2, 0.25) is 5.88 Å². The number of benzene rings is 1. The van der Waals surface area contributed by atoms with Gasteiger partial charge >= 0.3 is 0 Å². The zero-order chi connectivity index (χ0) is 20.1. The summed E-state index contributed by atoms with van der Waals surface area (Å²) in [5, 5.41) is 3.41. The van der Waals surface area contributed by atoms with E-state index in [1.165, 1.54) is 0 Å². The van der Waals surface area contributed by atoms with Gasteiger partial charge in [-0.3, -0.25) is 9.79 Å². The lowest BCUT2D eigenvalue weighted by atomic mass is 9.92. The van der Waals surface area contributed by atoms with Gasteiger partial charge in [0.25, 0.3) is 0 Å². The van der Waals surface area contributed by atoms with Gasteiger partial charge in [0.15, 0.2) is 5.78 Å². The summed E-state index contributed by atoms with van der Waals surface area (Å²) in [5.41, 5.74) is 10.5. The SMILES string of the molecule is CC1=NC=C(/C=C2\C(=O)Cc3cc(C)c(-c4cnc5c(c4C)NCCO5)cc32)C1. The Bertz CT molecular complexity index is 1160. The van der Waals surface area contributed by atoms with E-state index in [1.54, 1.807) is 0 Å². The Hall–Kier alpha value is -3.21. The lowest BCUT2D eigenvalue weighted by Crippen LogP contribution is -2.20. The minimum Gasteiger partial charge on any atom is -0.474 e. The minimum absolute atomic E-state index is 0.178. The molecule has 5 rings (SSSR count). The first kappa shape index (κ1) is 17.9. The number of nitrogens with one attached hydrogen (secondary N) is 1. The van der Waals surface area contributed by atoms with E-state index >= 15 is 0 Å². The second-order valence-corrected chi connectivity index (χ2v) is 7.98. The van der Waals surface area contributed by atoms with E-state index in [4.69, 9.17) is 4.74 Å². The number of hydrogen-bond donors (Lipinski definition) is 1. The summed E-state index contributed by atoms with van der Waals surface area (Å²) in [7, 11) is 0. The standard InChI is InChI=1S/C24H23N3O2/c1-13-6-17-9-22(28)20(8-16-7-14(2)26-11-16)19(17)10-18(13)21-12-27-24-23(15(21)3)25-4-5-29-24/h6,8,10-12,25H,4-5,7,9H2,1-3H3/b20-8-. The molecular formula is C24H23N3O2. The van der Waals surface area contributed by atoms with Gasteiger partial charge in [-0.25, -0.2) is 4.98 Å². The number of carbonyl (C=O) groups excluding carboxylic acids is 1. The van der Waals surface area contributed by atoms with Gasteiger partial charge in [0, 0.05) is 48.6 Å². The molecular weight excluding hydrogens is 362 g/mol. The summed E-state index contributed by atoms with van der Waals surface area (Å²) in [5.74, 6) is 0.841. The van der Waals surface area contributed by atoms with Crippen molar-refractivity contribution in [1.29, 1.82) is 0 Å². The fourth-order valence-electron chi connectivity index (χ4n) is 4.38. The van der Waals surface area contributed by atoms with Crippen LogP contribution >= 0.6 is 0 Å². The number of Topliss-reactive ketones (excluding diaryl/α,β-unsaturated/α-hetero) is 1. The number of hydrogen-bond acceptors (Lipinski definition) is 5. The molecule has 5 heteroatoms. The van der Waals surface area contributed by atoms with Crippen LogP contribution in [0.3, 0.4) is 0 Å². The molecule has 2 aromatic rings. The second kappa shape index (κ2) is 6.69. The number of anilines is 1. The zero-order valence-electron chi connectivity index (χ0n) is 16.9. The predicted molar refractivity (Wildman–Crippen MR) is 116 cm³/mol. The van der Waals surface area contributed by atoms with Crippen molar-refractivity contribution in [1.82, 2.24) is 4.98 Å². The number of rotatable bonds is 2. The summed E-state index contributed by atoms with van der Waals surface area (Å²) < 4.78 is 5.67. The first-order valence-corrected chi connectivity index (χ1v) is 9.99. The maximum absolute atomic E-state index is 12.7. The third-order valence-electron chi connectivity index (χ3n) is 5.87. The average Bonchev–Trinajstić information content (AvgIpc) is 3.25. The van der Waals surface area contributed by atoms with Crippen molar-refractivity contribution in [2.45, 2.75) is 33.6 Å². The van der Waals surface area contributed by atoms with E-state index < -0.39 is 0 Å². The maximum Gasteiger partial charge on any atom is 0.237 e. The van der Waals surface area contributed by atoms with Gasteiger partial charge in [-0.05, 0) is 66.3 Å². The molecule has 5 nitrogen and oxygen atoms in total. The van der Waals surface area contributed by atoms with Crippen molar-refractivity contribution in [3.63, 3.8) is 0 Å². The molecule has 1 aromatic carbocycles. The van der Waals surface area contributed by atoms with Crippen LogP contribution in [0.4, 0.5) is 5.69 Å². The first-order chi connectivity index (χ1) is 14.0. The number of ether oxygens (including phenoxy) is 1. The number of pyridine rings is 1. The predicted octanol–water partition coefficient (Wildman–Crippen LogP) is 4.43. The topological polar surface area (TPSA) is 63.6 Å². The highest BCUT2D eigenvalue weighted by Crippen LogP contribution is 2.40. The molecule has 1 aromatic heterocycles. The molecule has 29 heavy (non-hydrogen) atoms. The third-order valence-corrected chi connectivity index (χ3v) is 5.87. The Morgan fingerprint density at radius 3 is 2.76 bits per heavy atom. The van der Waals surface area contributed by atoms with Crippen molar-refractivity contribution in [2.24, 2.45) is 4.99 Å². The van der Waals surface area contributed by atoms with Crippen LogP contribution in [0.5, 0.6) is 5.88 Å². The Labute approximate surface area is 170 Å². The Kier molecular flexibility index (Phi) is 4.12. The fraction of sp³-hybridized carbons (Fsp3) is 0.292. The smallest absolute Gasteiger partial charge is 0.237 e. The lowest BCUT2D eigenvalue weighted by molar-refractivity contribution is -0.112. The highest BCUT2D eigenvalue weighted by Gasteiger charge is 2.27. The molecule has 1 N–H and O–H groups in total. The van der Waals surface area contributed by atoms with Crippen molar-refractivity contribution >= 4 is 22.8 Å². The summed E-state index contributed by atoms with van der Waals surface area (Å²) in [6, 6.07) is 4.31. The molecule has 3 aliphatic rings. The van der Waals surface area contributed by atoms with E-state index in [9.17, 15) is 4.79 Å². The van der Waals surface area contributed by atoms with Gasteiger partial charge in [-0.15, -0.1) is 0 Å². The molecule has 0 saturated carbocycles. The van der Waals surface area contributed by atoms with E-state index in [-0.39, 0.29) is 5.78 Å². The van der Waals surface area contributed by atoms with E-state index in [0.717, 1.165) is 68.9 Å². The normalized spacial score (nSPS) is 18.7. The van der Waals surface area contributed by atoms with Crippen LogP contribution in [0.1, 0.15) is 35.6 Å². The van der Waals surface area contributed by atoms with Gasteiger partial charge in [0.1, 0.15) is 12.3 Å². The number of allylic oxidation sites excluding steroid dienone is 3. The Balaban J connectivity index is 1.61. The van der Waals surface area contributed by atoms with Crippen molar-refractivity contribution < 1.29 is 9.53 Å². The van der Waals surface area contributed by atoms with Gasteiger partial charge in [-0.1, -0.05) is 6.07 Å². The van der Waals surface area contributed by atoms with E-state index in [1.807, 2.05) is 25.4 Å². The van der Waals surface area contributed by atoms with Crippen molar-refractivity contribution in [3.8, 4) is 17.0 Å². The number of aliphatic imine (C=N–C) groups is 1. The number of aromatic nitrogens is 1. The second-order valence-electron chi connectivity index (χ2n) is 7.98. The van der Waals surface area contributed by atoms with Crippen LogP contribution < -0.4 is 10.1 Å². The molecule has 0 unspecified atom stereocenters. The fourth-order valence-corrected chi connectivity index (χ4v) is 4.38. The average molecular weight is 385 g/mol. The lowest BCUT2D eigenvalue weighted by Gasteiger charge is -2.22. The van der Waals surface area contributed by atoms with Crippen LogP contribution in [0.2, 0.25) is 0 Å². The highest BCUT2D eigenvalue weighted by molar-refractivity contribution is 6.26. The van der Waals surface area contributed by atoms with Crippen LogP contribution in [-0.2, 0) is 11.2 Å². The molecule has 0 amide bonds. The quantitative estimate of drug-likeness (QED) is 0.777. The number of carbonyl (C=O) groups is 1. The highest BCUT2D eigenvalue weighted by atomic mass is 16.5. The molecule has 2 aliphatic heterocycles. The minimum atomic E-state index is 0.178. The van der Waals surface area contributed by atoms with Crippen molar-refractivity contribution in [2.75, 3.05) is 18.5 Å². The molecule has 3 heterocycles. The van der Waals surface area contributed by atoms with Crippen LogP contribution in [-0.4, -0.2) is 29.6 Å². The van der Waals surface area contributed by atoms with Crippen LogP contribution in [0.15, 0.2) is 41.2 Å². The monoisotopic (exact) mass is 385 g/mol. The molecule has 1 aliphatic carbocycles. The molecule has 0 fully saturated rings. The summed E-state index contributed by atoms with van der Waals surface area (Å²) in [6.45, 7) is 7.61. The van der Waals surface area contributed by atoms with Crippen molar-refractivity contribution in [3.05, 3.63) is 58.4 Å².